The Labute approximate surface area is 129 Å². The normalized spacial score (nSPS) is 39.0. The lowest BCUT2D eigenvalue weighted by Gasteiger charge is -2.60. The minimum Gasteiger partial charge on any atom is -0.321 e. The van der Waals surface area contributed by atoms with Crippen LogP contribution in [0.1, 0.15) is 43.2 Å². The van der Waals surface area contributed by atoms with Crippen molar-refractivity contribution in [2.75, 3.05) is 0 Å². The first-order valence-corrected chi connectivity index (χ1v) is 8.21. The maximum Gasteiger partial charge on any atom is 0.294 e. The molecule has 4 bridgehead atoms. The quantitative estimate of drug-likeness (QED) is 0.685. The van der Waals surface area contributed by atoms with Crippen LogP contribution in [0.3, 0.4) is 0 Å². The molecule has 22 heavy (non-hydrogen) atoms. The van der Waals surface area contributed by atoms with Crippen LogP contribution in [0.4, 0.5) is 0 Å². The molecule has 0 atom stereocenters. The molecule has 5 heteroatoms. The highest BCUT2D eigenvalue weighted by atomic mass is 16.9. The standard InChI is InChI=1S/C17H22N2O3/c18-17(14-3-1-2-11(5-14)10-22-19(20)21)15-6-12-4-13(8-15)9-16(17)7-12/h1-3,5,12-13,15-16H,4,6-10,18H2. The van der Waals surface area contributed by atoms with Crippen LogP contribution in [0.15, 0.2) is 24.3 Å². The van der Waals surface area contributed by atoms with Gasteiger partial charge in [0.25, 0.3) is 5.09 Å². The van der Waals surface area contributed by atoms with Crippen LogP contribution in [0.25, 0.3) is 0 Å². The Bertz CT molecular complexity index is 573. The van der Waals surface area contributed by atoms with Crippen molar-refractivity contribution < 1.29 is 9.92 Å². The lowest BCUT2D eigenvalue weighted by Crippen LogP contribution is -2.60. The zero-order valence-corrected chi connectivity index (χ0v) is 12.6. The van der Waals surface area contributed by atoms with E-state index in [1.165, 1.54) is 32.1 Å². The Kier molecular flexibility index (Phi) is 3.15. The van der Waals surface area contributed by atoms with E-state index in [9.17, 15) is 10.1 Å². The van der Waals surface area contributed by atoms with E-state index < -0.39 is 5.09 Å². The molecule has 0 amide bonds. The Morgan fingerprint density at radius 3 is 2.41 bits per heavy atom. The predicted octanol–water partition coefficient (Wildman–Crippen LogP) is 3.01. The molecule has 0 aromatic heterocycles. The van der Waals surface area contributed by atoms with Gasteiger partial charge in [-0.1, -0.05) is 24.3 Å². The molecular weight excluding hydrogens is 280 g/mol. The highest BCUT2D eigenvalue weighted by Gasteiger charge is 2.55. The van der Waals surface area contributed by atoms with Crippen molar-refractivity contribution >= 4 is 0 Å². The van der Waals surface area contributed by atoms with Gasteiger partial charge >= 0.3 is 0 Å². The minimum absolute atomic E-state index is 0.00248. The highest BCUT2D eigenvalue weighted by Crippen LogP contribution is 2.60. The number of benzene rings is 1. The van der Waals surface area contributed by atoms with Gasteiger partial charge in [-0.2, -0.15) is 0 Å². The number of nitrogens with zero attached hydrogens (tertiary/aromatic N) is 1. The summed E-state index contributed by atoms with van der Waals surface area (Å²) in [4.78, 5) is 14.9. The van der Waals surface area contributed by atoms with Gasteiger partial charge in [-0.15, -0.1) is 10.1 Å². The number of rotatable bonds is 4. The summed E-state index contributed by atoms with van der Waals surface area (Å²) in [6.45, 7) is -0.00248. The third-order valence-electron chi connectivity index (χ3n) is 6.25. The fourth-order valence-electron chi connectivity index (χ4n) is 5.49. The molecule has 0 saturated heterocycles. The van der Waals surface area contributed by atoms with Crippen molar-refractivity contribution in [3.05, 3.63) is 45.5 Å². The molecule has 0 aliphatic heterocycles. The highest BCUT2D eigenvalue weighted by molar-refractivity contribution is 5.33. The molecule has 0 spiro atoms. The number of hydrogen-bond donors (Lipinski definition) is 1. The van der Waals surface area contributed by atoms with E-state index in [1.807, 2.05) is 18.2 Å². The summed E-state index contributed by atoms with van der Waals surface area (Å²) in [7, 11) is 0. The first-order chi connectivity index (χ1) is 10.6. The van der Waals surface area contributed by atoms with Gasteiger partial charge in [-0.3, -0.25) is 0 Å². The van der Waals surface area contributed by atoms with Crippen LogP contribution in [0, 0.1) is 33.8 Å². The Balaban J connectivity index is 1.63. The molecule has 1 aromatic carbocycles. The zero-order chi connectivity index (χ0) is 15.3. The second-order valence-corrected chi connectivity index (χ2v) is 7.43. The fourth-order valence-corrected chi connectivity index (χ4v) is 5.49. The van der Waals surface area contributed by atoms with Gasteiger partial charge in [0.1, 0.15) is 6.61 Å². The summed E-state index contributed by atoms with van der Waals surface area (Å²) >= 11 is 0. The molecule has 4 saturated carbocycles. The molecule has 0 unspecified atom stereocenters. The summed E-state index contributed by atoms with van der Waals surface area (Å²) in [5, 5.41) is 9.64. The molecular formula is C17H22N2O3. The monoisotopic (exact) mass is 302 g/mol. The van der Waals surface area contributed by atoms with Crippen molar-refractivity contribution in [2.45, 2.75) is 44.2 Å². The molecule has 1 aromatic rings. The number of nitrogens with two attached hydrogens (primary N) is 1. The topological polar surface area (TPSA) is 78.4 Å². The molecule has 4 aliphatic rings. The van der Waals surface area contributed by atoms with Crippen LogP contribution in [0.2, 0.25) is 0 Å². The van der Waals surface area contributed by atoms with E-state index in [2.05, 4.69) is 10.9 Å². The van der Waals surface area contributed by atoms with E-state index in [4.69, 9.17) is 5.73 Å². The second kappa shape index (κ2) is 4.95. The first-order valence-electron chi connectivity index (χ1n) is 8.21. The van der Waals surface area contributed by atoms with Gasteiger partial charge in [0, 0.05) is 5.54 Å². The van der Waals surface area contributed by atoms with Crippen molar-refractivity contribution in [1.82, 2.24) is 0 Å². The summed E-state index contributed by atoms with van der Waals surface area (Å²) in [6, 6.07) is 7.93. The Hall–Kier alpha value is -1.62. The third-order valence-corrected chi connectivity index (χ3v) is 6.25. The van der Waals surface area contributed by atoms with Gasteiger partial charge in [0.05, 0.1) is 0 Å². The molecule has 0 heterocycles. The largest absolute Gasteiger partial charge is 0.321 e. The fraction of sp³-hybridized carbons (Fsp3) is 0.647. The van der Waals surface area contributed by atoms with Crippen LogP contribution >= 0.6 is 0 Å². The van der Waals surface area contributed by atoms with E-state index in [1.54, 1.807) is 0 Å². The Morgan fingerprint density at radius 1 is 1.18 bits per heavy atom. The second-order valence-electron chi connectivity index (χ2n) is 7.43. The van der Waals surface area contributed by atoms with E-state index in [0.717, 1.165) is 23.0 Å². The average Bonchev–Trinajstić information content (AvgIpc) is 2.50. The van der Waals surface area contributed by atoms with E-state index in [0.29, 0.717) is 11.8 Å². The molecule has 5 nitrogen and oxygen atoms in total. The number of hydrogen-bond acceptors (Lipinski definition) is 4. The van der Waals surface area contributed by atoms with Gasteiger partial charge < -0.3 is 10.6 Å². The predicted molar refractivity (Wildman–Crippen MR) is 81.1 cm³/mol. The molecule has 4 aliphatic carbocycles. The van der Waals surface area contributed by atoms with Gasteiger partial charge in [-0.05, 0) is 66.9 Å². The maximum absolute atomic E-state index is 10.4. The third kappa shape index (κ3) is 2.10. The minimum atomic E-state index is -0.742. The van der Waals surface area contributed by atoms with Crippen LogP contribution in [-0.4, -0.2) is 5.09 Å². The van der Waals surface area contributed by atoms with Crippen LogP contribution < -0.4 is 5.73 Å². The molecule has 2 N–H and O–H groups in total. The van der Waals surface area contributed by atoms with Crippen molar-refractivity contribution in [1.29, 1.82) is 0 Å². The molecule has 118 valence electrons. The van der Waals surface area contributed by atoms with Gasteiger partial charge in [0.15, 0.2) is 0 Å². The molecule has 5 rings (SSSR count). The lowest BCUT2D eigenvalue weighted by atomic mass is 9.47. The zero-order valence-electron chi connectivity index (χ0n) is 12.6. The summed E-state index contributed by atoms with van der Waals surface area (Å²) in [6.07, 6.45) is 6.40. The molecule has 0 radical (unpaired) electrons. The summed E-state index contributed by atoms with van der Waals surface area (Å²) in [5.74, 6) is 2.88. The lowest BCUT2D eigenvalue weighted by molar-refractivity contribution is -0.763. The van der Waals surface area contributed by atoms with E-state index in [-0.39, 0.29) is 12.1 Å². The SMILES string of the molecule is NC1(c2cccc(CO[N+](=O)[O-])c2)C2CC3CC(C2)CC1C3. The van der Waals surface area contributed by atoms with Gasteiger partial charge in [0.2, 0.25) is 0 Å². The van der Waals surface area contributed by atoms with Crippen molar-refractivity contribution in [3.63, 3.8) is 0 Å². The summed E-state index contributed by atoms with van der Waals surface area (Å²) in [5.41, 5.74) is 8.68. The smallest absolute Gasteiger partial charge is 0.294 e. The summed E-state index contributed by atoms with van der Waals surface area (Å²) < 4.78 is 0. The molecule has 4 fully saturated rings. The van der Waals surface area contributed by atoms with Crippen molar-refractivity contribution in [3.8, 4) is 0 Å². The van der Waals surface area contributed by atoms with Gasteiger partial charge in [-0.25, -0.2) is 0 Å². The van der Waals surface area contributed by atoms with Crippen LogP contribution in [-0.2, 0) is 17.0 Å². The average molecular weight is 302 g/mol. The van der Waals surface area contributed by atoms with E-state index >= 15 is 0 Å². The Morgan fingerprint density at radius 2 is 1.82 bits per heavy atom. The van der Waals surface area contributed by atoms with Crippen LogP contribution in [0.5, 0.6) is 0 Å². The van der Waals surface area contributed by atoms with Crippen molar-refractivity contribution in [2.24, 2.45) is 29.4 Å². The maximum atomic E-state index is 10.4. The first kappa shape index (κ1) is 14.0.